The first kappa shape index (κ1) is 13.3. The fourth-order valence-corrected chi connectivity index (χ4v) is 2.24. The van der Waals surface area contributed by atoms with Gasteiger partial charge in [0.05, 0.1) is 6.04 Å². The lowest BCUT2D eigenvalue weighted by Crippen LogP contribution is -2.18. The van der Waals surface area contributed by atoms with E-state index in [0.717, 1.165) is 16.3 Å². The Kier molecular flexibility index (Phi) is 3.97. The lowest BCUT2D eigenvalue weighted by molar-refractivity contribution is -0.131. The van der Waals surface area contributed by atoms with E-state index in [0.29, 0.717) is 0 Å². The number of carbonyl (C=O) groups is 1. The van der Waals surface area contributed by atoms with Crippen molar-refractivity contribution in [2.45, 2.75) is 6.04 Å². The summed E-state index contributed by atoms with van der Waals surface area (Å²) >= 11 is 0. The number of likely N-dealkylation sites (N-methyl/N-ethyl adjacent to an activating group) is 1. The number of rotatable bonds is 4. The van der Waals surface area contributed by atoms with Crippen LogP contribution in [0.25, 0.3) is 10.8 Å². The first-order valence-corrected chi connectivity index (χ1v) is 6.15. The van der Waals surface area contributed by atoms with E-state index in [1.54, 1.807) is 6.08 Å². The monoisotopic (exact) mass is 255 g/mol. The third-order valence-corrected chi connectivity index (χ3v) is 3.12. The van der Waals surface area contributed by atoms with Crippen LogP contribution in [0.4, 0.5) is 0 Å². The second kappa shape index (κ2) is 5.67. The molecule has 0 saturated carbocycles. The van der Waals surface area contributed by atoms with Gasteiger partial charge >= 0.3 is 5.97 Å². The molecule has 0 fully saturated rings. The SMILES string of the molecule is CN(C)C(/C=C/C(=O)O)c1cccc2ccccc12. The maximum absolute atomic E-state index is 10.7. The van der Waals surface area contributed by atoms with Crippen LogP contribution in [0.2, 0.25) is 0 Å². The maximum atomic E-state index is 10.7. The van der Waals surface area contributed by atoms with Crippen molar-refractivity contribution in [3.63, 3.8) is 0 Å². The van der Waals surface area contributed by atoms with E-state index in [4.69, 9.17) is 5.11 Å². The van der Waals surface area contributed by atoms with Crippen molar-refractivity contribution in [1.82, 2.24) is 4.90 Å². The Bertz CT molecular complexity index is 612. The summed E-state index contributed by atoms with van der Waals surface area (Å²) in [6, 6.07) is 14.2. The van der Waals surface area contributed by atoms with Crippen molar-refractivity contribution < 1.29 is 9.90 Å². The minimum absolute atomic E-state index is 0.0535. The van der Waals surface area contributed by atoms with Gasteiger partial charge in [-0.15, -0.1) is 0 Å². The molecule has 2 rings (SSSR count). The molecule has 1 unspecified atom stereocenters. The lowest BCUT2D eigenvalue weighted by Gasteiger charge is -2.22. The Hall–Kier alpha value is -2.13. The molecule has 0 aromatic heterocycles. The summed E-state index contributed by atoms with van der Waals surface area (Å²) in [5.74, 6) is -0.924. The van der Waals surface area contributed by atoms with Gasteiger partial charge in [0, 0.05) is 6.08 Å². The zero-order valence-electron chi connectivity index (χ0n) is 11.1. The minimum Gasteiger partial charge on any atom is -0.478 e. The largest absolute Gasteiger partial charge is 0.478 e. The van der Waals surface area contributed by atoms with E-state index in [1.807, 2.05) is 43.3 Å². The minimum atomic E-state index is -0.924. The Morgan fingerprint density at radius 3 is 2.53 bits per heavy atom. The van der Waals surface area contributed by atoms with Gasteiger partial charge in [-0.1, -0.05) is 48.5 Å². The third-order valence-electron chi connectivity index (χ3n) is 3.12. The molecule has 3 nitrogen and oxygen atoms in total. The molecule has 0 amide bonds. The average molecular weight is 255 g/mol. The quantitative estimate of drug-likeness (QED) is 0.853. The molecule has 98 valence electrons. The molecule has 2 aromatic carbocycles. The van der Waals surface area contributed by atoms with E-state index in [1.165, 1.54) is 6.08 Å². The molecule has 2 aromatic rings. The Labute approximate surface area is 112 Å². The summed E-state index contributed by atoms with van der Waals surface area (Å²) in [5.41, 5.74) is 1.11. The highest BCUT2D eigenvalue weighted by atomic mass is 16.4. The number of benzene rings is 2. The van der Waals surface area contributed by atoms with Crippen molar-refractivity contribution in [2.24, 2.45) is 0 Å². The molecule has 0 bridgehead atoms. The number of fused-ring (bicyclic) bond motifs is 1. The molecule has 1 atom stereocenters. The van der Waals surface area contributed by atoms with Gasteiger partial charge < -0.3 is 5.11 Å². The van der Waals surface area contributed by atoms with E-state index in [-0.39, 0.29) is 6.04 Å². The summed E-state index contributed by atoms with van der Waals surface area (Å²) in [6.45, 7) is 0. The number of hydrogen-bond acceptors (Lipinski definition) is 2. The Balaban J connectivity index is 2.53. The lowest BCUT2D eigenvalue weighted by atomic mass is 9.98. The maximum Gasteiger partial charge on any atom is 0.328 e. The third kappa shape index (κ3) is 3.01. The molecule has 0 spiro atoms. The predicted octanol–water partition coefficient (Wildman–Crippen LogP) is 3.08. The number of nitrogens with zero attached hydrogens (tertiary/aromatic N) is 1. The zero-order chi connectivity index (χ0) is 13.8. The van der Waals surface area contributed by atoms with Gasteiger partial charge in [-0.05, 0) is 30.4 Å². The second-order valence-electron chi connectivity index (χ2n) is 4.67. The van der Waals surface area contributed by atoms with Gasteiger partial charge in [-0.3, -0.25) is 4.90 Å². The smallest absolute Gasteiger partial charge is 0.328 e. The van der Waals surface area contributed by atoms with Crippen LogP contribution in [0.5, 0.6) is 0 Å². The summed E-state index contributed by atoms with van der Waals surface area (Å²) < 4.78 is 0. The number of carboxylic acid groups (broad SMARTS) is 1. The van der Waals surface area contributed by atoms with Crippen LogP contribution < -0.4 is 0 Å². The van der Waals surface area contributed by atoms with Gasteiger partial charge in [-0.2, -0.15) is 0 Å². The molecule has 3 heteroatoms. The summed E-state index contributed by atoms with van der Waals surface area (Å²) in [5, 5.41) is 11.1. The molecule has 19 heavy (non-hydrogen) atoms. The van der Waals surface area contributed by atoms with Crippen molar-refractivity contribution in [1.29, 1.82) is 0 Å². The number of carboxylic acids is 1. The topological polar surface area (TPSA) is 40.5 Å². The highest BCUT2D eigenvalue weighted by Crippen LogP contribution is 2.27. The van der Waals surface area contributed by atoms with Gasteiger partial charge in [-0.25, -0.2) is 4.79 Å². The summed E-state index contributed by atoms with van der Waals surface area (Å²) in [7, 11) is 3.89. The second-order valence-corrected chi connectivity index (χ2v) is 4.67. The Morgan fingerprint density at radius 2 is 1.84 bits per heavy atom. The van der Waals surface area contributed by atoms with Gasteiger partial charge in [0.1, 0.15) is 0 Å². The predicted molar refractivity (Wildman–Crippen MR) is 77.2 cm³/mol. The van der Waals surface area contributed by atoms with Crippen LogP contribution in [0.3, 0.4) is 0 Å². The van der Waals surface area contributed by atoms with Crippen LogP contribution in [0, 0.1) is 0 Å². The van der Waals surface area contributed by atoms with Gasteiger partial charge in [0.25, 0.3) is 0 Å². The van der Waals surface area contributed by atoms with Crippen molar-refractivity contribution in [3.8, 4) is 0 Å². The van der Waals surface area contributed by atoms with E-state index in [2.05, 4.69) is 18.2 Å². The van der Waals surface area contributed by atoms with Gasteiger partial charge in [0.2, 0.25) is 0 Å². The Morgan fingerprint density at radius 1 is 1.16 bits per heavy atom. The highest BCUT2D eigenvalue weighted by Gasteiger charge is 2.13. The van der Waals surface area contributed by atoms with Gasteiger partial charge in [0.15, 0.2) is 0 Å². The molecule has 0 aliphatic rings. The van der Waals surface area contributed by atoms with E-state index < -0.39 is 5.97 Å². The molecule has 0 aliphatic carbocycles. The van der Waals surface area contributed by atoms with Crippen LogP contribution in [-0.4, -0.2) is 30.1 Å². The van der Waals surface area contributed by atoms with Crippen molar-refractivity contribution in [3.05, 3.63) is 60.2 Å². The molecule has 0 saturated heterocycles. The first-order valence-electron chi connectivity index (χ1n) is 6.15. The van der Waals surface area contributed by atoms with E-state index >= 15 is 0 Å². The molecule has 0 heterocycles. The first-order chi connectivity index (χ1) is 9.09. The average Bonchev–Trinajstić information content (AvgIpc) is 2.38. The number of hydrogen-bond donors (Lipinski definition) is 1. The van der Waals surface area contributed by atoms with Crippen molar-refractivity contribution in [2.75, 3.05) is 14.1 Å². The molecular formula is C16H17NO2. The normalized spacial score (nSPS) is 13.2. The van der Waals surface area contributed by atoms with Crippen molar-refractivity contribution >= 4 is 16.7 Å². The fourth-order valence-electron chi connectivity index (χ4n) is 2.24. The molecule has 0 radical (unpaired) electrons. The summed E-state index contributed by atoms with van der Waals surface area (Å²) in [4.78, 5) is 12.7. The van der Waals surface area contributed by atoms with Crippen LogP contribution in [0.15, 0.2) is 54.6 Å². The molecular weight excluding hydrogens is 238 g/mol. The fraction of sp³-hybridized carbons (Fsp3) is 0.188. The molecule has 1 N–H and O–H groups in total. The standard InChI is InChI=1S/C16H17NO2/c1-17(2)15(10-11-16(18)19)14-9-5-7-12-6-3-4-8-13(12)14/h3-11,15H,1-2H3,(H,18,19)/b11-10+. The zero-order valence-corrected chi connectivity index (χ0v) is 11.1. The summed E-state index contributed by atoms with van der Waals surface area (Å²) in [6.07, 6.45) is 2.91. The van der Waals surface area contributed by atoms with E-state index in [9.17, 15) is 4.79 Å². The van der Waals surface area contributed by atoms with Crippen LogP contribution in [-0.2, 0) is 4.79 Å². The molecule has 0 aliphatic heterocycles. The number of aliphatic carboxylic acids is 1. The van der Waals surface area contributed by atoms with Crippen LogP contribution in [0.1, 0.15) is 11.6 Å². The highest BCUT2D eigenvalue weighted by molar-refractivity contribution is 5.86. The van der Waals surface area contributed by atoms with Crippen LogP contribution >= 0.6 is 0 Å².